The van der Waals surface area contributed by atoms with Crippen molar-refractivity contribution in [3.05, 3.63) is 45.0 Å². The molecule has 0 radical (unpaired) electrons. The van der Waals surface area contributed by atoms with Crippen LogP contribution in [0.25, 0.3) is 5.76 Å². The Hall–Kier alpha value is -2.84. The lowest BCUT2D eigenvalue weighted by molar-refractivity contribution is -0.385. The predicted octanol–water partition coefficient (Wildman–Crippen LogP) is 2.29. The molecular weight excluding hydrogens is 304 g/mol. The Kier molecular flexibility index (Phi) is 5.28. The van der Waals surface area contributed by atoms with Gasteiger partial charge in [0.1, 0.15) is 11.3 Å². The molecule has 0 saturated heterocycles. The second-order valence-corrected chi connectivity index (χ2v) is 4.04. The molecular formula is C13H11F2NO6. The number of carbonyl (C=O) groups excluding carboxylic acids is 2. The highest BCUT2D eigenvalue weighted by Crippen LogP contribution is 2.29. The Morgan fingerprint density at radius 2 is 1.86 bits per heavy atom. The van der Waals surface area contributed by atoms with Gasteiger partial charge in [0.05, 0.1) is 23.2 Å². The van der Waals surface area contributed by atoms with E-state index in [2.05, 4.69) is 4.74 Å². The third kappa shape index (κ3) is 3.43. The van der Waals surface area contributed by atoms with E-state index in [0.29, 0.717) is 6.07 Å². The number of halogens is 2. The van der Waals surface area contributed by atoms with Crippen molar-refractivity contribution < 1.29 is 33.1 Å². The lowest BCUT2D eigenvalue weighted by atomic mass is 10.0. The summed E-state index contributed by atoms with van der Waals surface area (Å²) in [6.45, 7) is 2.23. The molecule has 0 aromatic heterocycles. The Morgan fingerprint density at radius 3 is 2.32 bits per heavy atom. The van der Waals surface area contributed by atoms with E-state index in [1.165, 1.54) is 6.92 Å². The number of aliphatic hydroxyl groups excluding tert-OH is 1. The first kappa shape index (κ1) is 17.2. The zero-order chi connectivity index (χ0) is 17.0. The van der Waals surface area contributed by atoms with Crippen LogP contribution in [0.1, 0.15) is 19.4 Å². The standard InChI is InChI=1S/C13H11F2NO6/c1-3-22-13(19)11(6(2)17)12(18)7-4-8(14)9(15)5-10(7)16(20)21/h4-5,18H,3H2,1-2H3/b12-11-. The Morgan fingerprint density at radius 1 is 1.32 bits per heavy atom. The highest BCUT2D eigenvalue weighted by atomic mass is 19.2. The first-order valence-electron chi connectivity index (χ1n) is 5.95. The third-order valence-electron chi connectivity index (χ3n) is 2.56. The summed E-state index contributed by atoms with van der Waals surface area (Å²) in [5.74, 6) is -6.33. The van der Waals surface area contributed by atoms with Gasteiger partial charge in [0.25, 0.3) is 5.69 Å². The summed E-state index contributed by atoms with van der Waals surface area (Å²) in [6.07, 6.45) is 0. The van der Waals surface area contributed by atoms with E-state index in [0.717, 1.165) is 6.92 Å². The molecule has 0 heterocycles. The fraction of sp³-hybridized carbons (Fsp3) is 0.231. The number of esters is 1. The summed E-state index contributed by atoms with van der Waals surface area (Å²) in [7, 11) is 0. The third-order valence-corrected chi connectivity index (χ3v) is 2.56. The van der Waals surface area contributed by atoms with Crippen molar-refractivity contribution in [2.75, 3.05) is 6.61 Å². The summed E-state index contributed by atoms with van der Waals surface area (Å²) in [5, 5.41) is 20.8. The molecule has 9 heteroatoms. The van der Waals surface area contributed by atoms with E-state index in [1.807, 2.05) is 0 Å². The number of rotatable bonds is 5. The molecule has 0 aliphatic carbocycles. The van der Waals surface area contributed by atoms with Crippen molar-refractivity contribution in [1.29, 1.82) is 0 Å². The molecule has 0 atom stereocenters. The molecule has 0 spiro atoms. The average Bonchev–Trinajstić information content (AvgIpc) is 2.40. The van der Waals surface area contributed by atoms with Gasteiger partial charge >= 0.3 is 5.97 Å². The molecule has 118 valence electrons. The SMILES string of the molecule is CCOC(=O)/C(C(C)=O)=C(\O)c1cc(F)c(F)cc1[N+](=O)[O-]. The predicted molar refractivity (Wildman–Crippen MR) is 69.9 cm³/mol. The number of hydrogen-bond acceptors (Lipinski definition) is 6. The highest BCUT2D eigenvalue weighted by molar-refractivity contribution is 6.21. The average molecular weight is 315 g/mol. The van der Waals surface area contributed by atoms with Crippen molar-refractivity contribution in [3.63, 3.8) is 0 Å². The Labute approximate surface area is 123 Å². The number of aliphatic hydroxyl groups is 1. The van der Waals surface area contributed by atoms with E-state index in [9.17, 15) is 33.6 Å². The first-order chi connectivity index (χ1) is 10.2. The Bertz CT molecular complexity index is 683. The molecule has 7 nitrogen and oxygen atoms in total. The van der Waals surface area contributed by atoms with Gasteiger partial charge in [-0.3, -0.25) is 14.9 Å². The normalized spacial score (nSPS) is 11.6. The molecule has 0 fully saturated rings. The van der Waals surface area contributed by atoms with Gasteiger partial charge in [0.15, 0.2) is 17.4 Å². The molecule has 1 N–H and O–H groups in total. The van der Waals surface area contributed by atoms with Crippen LogP contribution in [0.4, 0.5) is 14.5 Å². The van der Waals surface area contributed by atoms with E-state index in [4.69, 9.17) is 0 Å². The van der Waals surface area contributed by atoms with Gasteiger partial charge in [0.2, 0.25) is 0 Å². The molecule has 0 saturated carbocycles. The zero-order valence-corrected chi connectivity index (χ0v) is 11.6. The second kappa shape index (κ2) is 6.74. The molecule has 22 heavy (non-hydrogen) atoms. The number of nitro groups is 1. The number of ketones is 1. The minimum absolute atomic E-state index is 0.122. The van der Waals surface area contributed by atoms with Crippen LogP contribution in [0, 0.1) is 21.7 Å². The van der Waals surface area contributed by atoms with Crippen LogP contribution in [0.2, 0.25) is 0 Å². The number of nitrogens with zero attached hydrogens (tertiary/aromatic N) is 1. The Balaban J connectivity index is 3.65. The molecule has 0 aliphatic heterocycles. The summed E-state index contributed by atoms with van der Waals surface area (Å²) in [4.78, 5) is 32.9. The van der Waals surface area contributed by atoms with E-state index in [-0.39, 0.29) is 12.7 Å². The van der Waals surface area contributed by atoms with Gasteiger partial charge in [-0.1, -0.05) is 0 Å². The number of ether oxygens (including phenoxy) is 1. The van der Waals surface area contributed by atoms with Crippen molar-refractivity contribution in [2.45, 2.75) is 13.8 Å². The van der Waals surface area contributed by atoms with Gasteiger partial charge in [-0.25, -0.2) is 13.6 Å². The van der Waals surface area contributed by atoms with Crippen LogP contribution in [-0.2, 0) is 14.3 Å². The molecule has 1 aromatic rings. The number of carbonyl (C=O) groups is 2. The summed E-state index contributed by atoms with van der Waals surface area (Å²) < 4.78 is 30.9. The van der Waals surface area contributed by atoms with Crippen molar-refractivity contribution in [2.24, 2.45) is 0 Å². The van der Waals surface area contributed by atoms with Crippen LogP contribution in [0.3, 0.4) is 0 Å². The van der Waals surface area contributed by atoms with Gasteiger partial charge in [-0.05, 0) is 19.9 Å². The van der Waals surface area contributed by atoms with Crippen LogP contribution >= 0.6 is 0 Å². The van der Waals surface area contributed by atoms with Crippen LogP contribution in [0.5, 0.6) is 0 Å². The molecule has 0 aliphatic rings. The number of hydrogen-bond donors (Lipinski definition) is 1. The topological polar surface area (TPSA) is 107 Å². The van der Waals surface area contributed by atoms with E-state index in [1.54, 1.807) is 0 Å². The molecule has 0 bridgehead atoms. The first-order valence-corrected chi connectivity index (χ1v) is 5.95. The van der Waals surface area contributed by atoms with Crippen molar-refractivity contribution >= 4 is 23.2 Å². The van der Waals surface area contributed by atoms with E-state index >= 15 is 0 Å². The van der Waals surface area contributed by atoms with E-state index < -0.39 is 50.9 Å². The lowest BCUT2D eigenvalue weighted by Gasteiger charge is -2.08. The molecule has 1 rings (SSSR count). The lowest BCUT2D eigenvalue weighted by Crippen LogP contribution is -2.16. The summed E-state index contributed by atoms with van der Waals surface area (Å²) in [6, 6.07) is 0.564. The van der Waals surface area contributed by atoms with Gasteiger partial charge in [-0.15, -0.1) is 0 Å². The monoisotopic (exact) mass is 315 g/mol. The minimum atomic E-state index is -1.51. The highest BCUT2D eigenvalue weighted by Gasteiger charge is 2.28. The van der Waals surface area contributed by atoms with Gasteiger partial charge in [0, 0.05) is 0 Å². The largest absolute Gasteiger partial charge is 0.506 e. The minimum Gasteiger partial charge on any atom is -0.506 e. The fourth-order valence-electron chi connectivity index (χ4n) is 1.62. The van der Waals surface area contributed by atoms with Crippen LogP contribution in [-0.4, -0.2) is 28.4 Å². The second-order valence-electron chi connectivity index (χ2n) is 4.04. The number of nitro benzene ring substituents is 1. The van der Waals surface area contributed by atoms with Gasteiger partial charge < -0.3 is 9.84 Å². The fourth-order valence-corrected chi connectivity index (χ4v) is 1.62. The smallest absolute Gasteiger partial charge is 0.345 e. The summed E-state index contributed by atoms with van der Waals surface area (Å²) in [5.41, 5.74) is -2.70. The van der Waals surface area contributed by atoms with Gasteiger partial charge in [-0.2, -0.15) is 0 Å². The van der Waals surface area contributed by atoms with Crippen LogP contribution < -0.4 is 0 Å². The molecule has 0 unspecified atom stereocenters. The molecule has 1 aromatic carbocycles. The van der Waals surface area contributed by atoms with Crippen LogP contribution in [0.15, 0.2) is 17.7 Å². The van der Waals surface area contributed by atoms with Crippen molar-refractivity contribution in [3.8, 4) is 0 Å². The zero-order valence-electron chi connectivity index (χ0n) is 11.6. The summed E-state index contributed by atoms with van der Waals surface area (Å²) >= 11 is 0. The van der Waals surface area contributed by atoms with Crippen molar-refractivity contribution in [1.82, 2.24) is 0 Å². The molecule has 0 amide bonds. The quantitative estimate of drug-likeness (QED) is 0.170. The maximum absolute atomic E-state index is 13.3. The maximum Gasteiger partial charge on any atom is 0.345 e. The maximum atomic E-state index is 13.3. The number of benzene rings is 1. The number of Topliss-reactive ketones (excluding diaryl/α,β-unsaturated/α-hetero) is 1.